The van der Waals surface area contributed by atoms with Crippen molar-refractivity contribution >= 4 is 28.2 Å². The van der Waals surface area contributed by atoms with Crippen molar-refractivity contribution in [2.45, 2.75) is 51.5 Å². The molecule has 2 aliphatic heterocycles. The highest BCUT2D eigenvalue weighted by molar-refractivity contribution is 7.14. The molecular formula is C20H28N4O2S. The molecule has 0 saturated carbocycles. The summed E-state index contributed by atoms with van der Waals surface area (Å²) in [5.41, 5.74) is 0.502. The number of hydrogen-bond donors (Lipinski definition) is 1. The summed E-state index contributed by atoms with van der Waals surface area (Å²) < 4.78 is 0. The molecule has 1 aromatic heterocycles. The Morgan fingerprint density at radius 2 is 1.85 bits per heavy atom. The summed E-state index contributed by atoms with van der Waals surface area (Å²) in [5.74, 6) is 0.314. The lowest BCUT2D eigenvalue weighted by atomic mass is 9.94. The standard InChI is InChI=1S/C20H28N4O2S/c1-15(18(25)22-19-17(14-21)8-13-27-19)23-11-6-16(7-12-23)20(26)24-9-4-2-3-5-10-24/h8,13,15-16H,2-7,9-12H2,1H3,(H,22,25)/t15-/m0/s1. The second kappa shape index (κ2) is 9.34. The summed E-state index contributed by atoms with van der Waals surface area (Å²) in [6, 6.07) is 3.54. The lowest BCUT2D eigenvalue weighted by molar-refractivity contribution is -0.137. The molecule has 1 N–H and O–H groups in total. The first-order valence-corrected chi connectivity index (χ1v) is 10.8. The van der Waals surface area contributed by atoms with E-state index in [1.807, 2.05) is 6.92 Å². The molecule has 0 unspecified atom stereocenters. The van der Waals surface area contributed by atoms with Gasteiger partial charge < -0.3 is 10.2 Å². The van der Waals surface area contributed by atoms with Gasteiger partial charge in [0.2, 0.25) is 11.8 Å². The zero-order valence-corrected chi connectivity index (χ0v) is 16.8. The minimum absolute atomic E-state index is 0.0914. The van der Waals surface area contributed by atoms with Crippen molar-refractivity contribution in [3.05, 3.63) is 17.0 Å². The van der Waals surface area contributed by atoms with Crippen LogP contribution in [0.25, 0.3) is 0 Å². The molecule has 0 bridgehead atoms. The number of rotatable bonds is 4. The van der Waals surface area contributed by atoms with Crippen LogP contribution in [-0.2, 0) is 9.59 Å². The largest absolute Gasteiger partial charge is 0.342 e. The minimum Gasteiger partial charge on any atom is -0.342 e. The van der Waals surface area contributed by atoms with Crippen LogP contribution in [0.1, 0.15) is 51.0 Å². The fraction of sp³-hybridized carbons (Fsp3) is 0.650. The summed E-state index contributed by atoms with van der Waals surface area (Å²) in [4.78, 5) is 29.5. The Morgan fingerprint density at radius 1 is 1.19 bits per heavy atom. The van der Waals surface area contributed by atoms with Gasteiger partial charge >= 0.3 is 0 Å². The number of anilines is 1. The third-order valence-corrected chi connectivity index (χ3v) is 6.58. The Hall–Kier alpha value is -1.91. The van der Waals surface area contributed by atoms with E-state index < -0.39 is 0 Å². The predicted molar refractivity (Wildman–Crippen MR) is 106 cm³/mol. The van der Waals surface area contributed by atoms with Crippen LogP contribution in [0.3, 0.4) is 0 Å². The van der Waals surface area contributed by atoms with Gasteiger partial charge in [-0.3, -0.25) is 14.5 Å². The molecule has 0 aromatic carbocycles. The molecule has 3 heterocycles. The van der Waals surface area contributed by atoms with Crippen LogP contribution in [0.4, 0.5) is 5.00 Å². The number of carbonyl (C=O) groups excluding carboxylic acids is 2. The quantitative estimate of drug-likeness (QED) is 0.860. The van der Waals surface area contributed by atoms with Crippen molar-refractivity contribution in [3.63, 3.8) is 0 Å². The van der Waals surface area contributed by atoms with Crippen LogP contribution in [-0.4, -0.2) is 53.8 Å². The molecule has 27 heavy (non-hydrogen) atoms. The van der Waals surface area contributed by atoms with Gasteiger partial charge in [0.15, 0.2) is 0 Å². The van der Waals surface area contributed by atoms with Crippen LogP contribution >= 0.6 is 11.3 Å². The maximum absolute atomic E-state index is 12.8. The molecule has 2 amide bonds. The SMILES string of the molecule is C[C@@H](C(=O)Nc1sccc1C#N)N1CCC(C(=O)N2CCCCCC2)CC1. The lowest BCUT2D eigenvalue weighted by Crippen LogP contribution is -2.48. The van der Waals surface area contributed by atoms with Crippen molar-refractivity contribution in [3.8, 4) is 6.07 Å². The Morgan fingerprint density at radius 3 is 2.48 bits per heavy atom. The number of likely N-dealkylation sites (tertiary alicyclic amines) is 2. The number of piperidine rings is 1. The van der Waals surface area contributed by atoms with Crippen LogP contribution in [0.5, 0.6) is 0 Å². The van der Waals surface area contributed by atoms with E-state index in [9.17, 15) is 9.59 Å². The Kier molecular flexibility index (Phi) is 6.86. The molecule has 0 spiro atoms. The number of nitrogens with one attached hydrogen (secondary N) is 1. The van der Waals surface area contributed by atoms with Crippen molar-refractivity contribution in [1.29, 1.82) is 5.26 Å². The van der Waals surface area contributed by atoms with E-state index in [1.165, 1.54) is 24.2 Å². The molecule has 0 radical (unpaired) electrons. The van der Waals surface area contributed by atoms with E-state index in [0.29, 0.717) is 16.5 Å². The monoisotopic (exact) mass is 388 g/mol. The normalized spacial score (nSPS) is 20.5. The minimum atomic E-state index is -0.270. The highest BCUT2D eigenvalue weighted by atomic mass is 32.1. The number of amides is 2. The molecule has 7 heteroatoms. The van der Waals surface area contributed by atoms with Crippen molar-refractivity contribution < 1.29 is 9.59 Å². The first-order chi connectivity index (χ1) is 13.1. The number of nitrogens with zero attached hydrogens (tertiary/aromatic N) is 3. The maximum Gasteiger partial charge on any atom is 0.242 e. The van der Waals surface area contributed by atoms with Crippen LogP contribution < -0.4 is 5.32 Å². The van der Waals surface area contributed by atoms with Crippen LogP contribution in [0.15, 0.2) is 11.4 Å². The maximum atomic E-state index is 12.8. The van der Waals surface area contributed by atoms with Gasteiger partial charge in [-0.1, -0.05) is 12.8 Å². The van der Waals surface area contributed by atoms with Gasteiger partial charge in [-0.05, 0) is 57.1 Å². The zero-order chi connectivity index (χ0) is 19.2. The zero-order valence-electron chi connectivity index (χ0n) is 15.9. The third kappa shape index (κ3) is 4.88. The third-order valence-electron chi connectivity index (χ3n) is 5.75. The topological polar surface area (TPSA) is 76.4 Å². The van der Waals surface area contributed by atoms with Gasteiger partial charge in [-0.25, -0.2) is 0 Å². The van der Waals surface area contributed by atoms with Gasteiger partial charge in [0.1, 0.15) is 11.1 Å². The molecule has 146 valence electrons. The van der Waals surface area contributed by atoms with E-state index in [0.717, 1.165) is 51.9 Å². The first-order valence-electron chi connectivity index (χ1n) is 9.91. The number of hydrogen-bond acceptors (Lipinski definition) is 5. The van der Waals surface area contributed by atoms with Gasteiger partial charge in [-0.2, -0.15) is 5.26 Å². The van der Waals surface area contributed by atoms with Crippen molar-refractivity contribution in [2.24, 2.45) is 5.92 Å². The lowest BCUT2D eigenvalue weighted by Gasteiger charge is -2.36. The predicted octanol–water partition coefficient (Wildman–Crippen LogP) is 3.06. The van der Waals surface area contributed by atoms with E-state index in [4.69, 9.17) is 5.26 Å². The molecular weight excluding hydrogens is 360 g/mol. The number of thiophene rings is 1. The summed E-state index contributed by atoms with van der Waals surface area (Å²) in [7, 11) is 0. The Labute approximate surface area is 165 Å². The van der Waals surface area contributed by atoms with Crippen LogP contribution in [0.2, 0.25) is 0 Å². The molecule has 3 rings (SSSR count). The average Bonchev–Trinajstić information content (AvgIpc) is 2.97. The Bertz CT molecular complexity index is 695. The highest BCUT2D eigenvalue weighted by Crippen LogP contribution is 2.25. The summed E-state index contributed by atoms with van der Waals surface area (Å²) in [6.45, 7) is 5.22. The summed E-state index contributed by atoms with van der Waals surface area (Å²) in [5, 5.41) is 14.4. The smallest absolute Gasteiger partial charge is 0.242 e. The molecule has 6 nitrogen and oxygen atoms in total. The van der Waals surface area contributed by atoms with E-state index in [-0.39, 0.29) is 17.9 Å². The molecule has 1 aromatic rings. The van der Waals surface area contributed by atoms with Gasteiger partial charge in [0, 0.05) is 19.0 Å². The molecule has 2 aliphatic rings. The summed E-state index contributed by atoms with van der Waals surface area (Å²) in [6.07, 6.45) is 6.33. The van der Waals surface area contributed by atoms with E-state index in [2.05, 4.69) is 21.2 Å². The highest BCUT2D eigenvalue weighted by Gasteiger charge is 2.32. The summed E-state index contributed by atoms with van der Waals surface area (Å²) >= 11 is 1.37. The van der Waals surface area contributed by atoms with Crippen LogP contribution in [0, 0.1) is 17.2 Å². The second-order valence-corrected chi connectivity index (χ2v) is 8.41. The number of nitriles is 1. The number of carbonyl (C=O) groups is 2. The second-order valence-electron chi connectivity index (χ2n) is 7.49. The molecule has 2 fully saturated rings. The van der Waals surface area contributed by atoms with Crippen molar-refractivity contribution in [1.82, 2.24) is 9.80 Å². The average molecular weight is 389 g/mol. The van der Waals surface area contributed by atoms with Crippen molar-refractivity contribution in [2.75, 3.05) is 31.5 Å². The van der Waals surface area contributed by atoms with Gasteiger partial charge in [0.25, 0.3) is 0 Å². The fourth-order valence-corrected chi connectivity index (χ4v) is 4.70. The van der Waals surface area contributed by atoms with Gasteiger partial charge in [-0.15, -0.1) is 11.3 Å². The molecule has 1 atom stereocenters. The molecule has 2 saturated heterocycles. The Balaban J connectivity index is 1.50. The van der Waals surface area contributed by atoms with E-state index in [1.54, 1.807) is 11.4 Å². The van der Waals surface area contributed by atoms with E-state index >= 15 is 0 Å². The van der Waals surface area contributed by atoms with Gasteiger partial charge in [0.05, 0.1) is 11.6 Å². The molecule has 0 aliphatic carbocycles. The first kappa shape index (κ1) is 19.8. The fourth-order valence-electron chi connectivity index (χ4n) is 3.96.